The number of aryl methyl sites for hydroxylation is 2. The van der Waals surface area contributed by atoms with Crippen LogP contribution < -0.4 is 4.74 Å². The van der Waals surface area contributed by atoms with E-state index >= 15 is 0 Å². The fourth-order valence-electron chi connectivity index (χ4n) is 2.11. The van der Waals surface area contributed by atoms with Gasteiger partial charge in [0, 0.05) is 11.8 Å². The molecule has 0 amide bonds. The first-order valence-corrected chi connectivity index (χ1v) is 6.34. The summed E-state index contributed by atoms with van der Waals surface area (Å²) < 4.78 is 5.75. The van der Waals surface area contributed by atoms with Crippen molar-refractivity contribution < 1.29 is 14.6 Å². The molecule has 2 rings (SSSR count). The normalized spacial score (nSPS) is 9.95. The molecule has 1 aromatic heterocycles. The molecular formula is C16H14N2O3. The van der Waals surface area contributed by atoms with Crippen LogP contribution >= 0.6 is 0 Å². The lowest BCUT2D eigenvalue weighted by atomic mass is 10.1. The van der Waals surface area contributed by atoms with Gasteiger partial charge in [-0.1, -0.05) is 6.07 Å². The van der Waals surface area contributed by atoms with Gasteiger partial charge in [-0.15, -0.1) is 0 Å². The van der Waals surface area contributed by atoms with Crippen molar-refractivity contribution in [3.8, 4) is 11.8 Å². The molecule has 0 bridgehead atoms. The minimum atomic E-state index is -0.966. The summed E-state index contributed by atoms with van der Waals surface area (Å²) in [7, 11) is 0. The molecule has 0 radical (unpaired) electrons. The molecule has 0 atom stereocenters. The number of nitrogens with zero attached hydrogens (tertiary/aromatic N) is 2. The monoisotopic (exact) mass is 282 g/mol. The number of pyridine rings is 1. The molecule has 5 nitrogen and oxygen atoms in total. The van der Waals surface area contributed by atoms with Crippen LogP contribution in [0.2, 0.25) is 0 Å². The van der Waals surface area contributed by atoms with Crippen LogP contribution in [0.5, 0.6) is 5.75 Å². The predicted molar refractivity (Wildman–Crippen MR) is 76.2 cm³/mol. The quantitative estimate of drug-likeness (QED) is 0.932. The Balaban J connectivity index is 2.25. The van der Waals surface area contributed by atoms with E-state index in [-0.39, 0.29) is 12.2 Å². The van der Waals surface area contributed by atoms with Crippen LogP contribution in [0.15, 0.2) is 30.5 Å². The maximum atomic E-state index is 11.0. The van der Waals surface area contributed by atoms with Crippen LogP contribution in [0.4, 0.5) is 0 Å². The molecule has 106 valence electrons. The molecule has 1 heterocycles. The third-order valence-electron chi connectivity index (χ3n) is 3.08. The fourth-order valence-corrected chi connectivity index (χ4v) is 2.11. The summed E-state index contributed by atoms with van der Waals surface area (Å²) in [5, 5.41) is 18.0. The predicted octanol–water partition coefficient (Wildman–Crippen LogP) is 2.85. The summed E-state index contributed by atoms with van der Waals surface area (Å²) in [6.45, 7) is 3.80. The van der Waals surface area contributed by atoms with Crippen molar-refractivity contribution in [2.24, 2.45) is 0 Å². The average Bonchev–Trinajstić information content (AvgIpc) is 2.46. The van der Waals surface area contributed by atoms with Crippen LogP contribution in [0.1, 0.15) is 32.7 Å². The van der Waals surface area contributed by atoms with Crippen molar-refractivity contribution in [1.82, 2.24) is 4.98 Å². The molecule has 2 aromatic rings. The maximum absolute atomic E-state index is 11.0. The van der Waals surface area contributed by atoms with E-state index in [0.29, 0.717) is 17.0 Å². The SMILES string of the molecule is Cc1cc(C(=O)O)cc(C)c1OCc1cccnc1C#N. The second-order valence-electron chi connectivity index (χ2n) is 4.66. The summed E-state index contributed by atoms with van der Waals surface area (Å²) >= 11 is 0. The molecule has 0 spiro atoms. The van der Waals surface area contributed by atoms with E-state index in [4.69, 9.17) is 15.1 Å². The highest BCUT2D eigenvalue weighted by atomic mass is 16.5. The van der Waals surface area contributed by atoms with E-state index in [1.54, 1.807) is 44.3 Å². The van der Waals surface area contributed by atoms with Gasteiger partial charge in [-0.2, -0.15) is 5.26 Å². The highest BCUT2D eigenvalue weighted by Crippen LogP contribution is 2.26. The minimum absolute atomic E-state index is 0.213. The van der Waals surface area contributed by atoms with Crippen LogP contribution in [0, 0.1) is 25.2 Å². The summed E-state index contributed by atoms with van der Waals surface area (Å²) in [6.07, 6.45) is 1.56. The highest BCUT2D eigenvalue weighted by Gasteiger charge is 2.11. The molecule has 0 saturated heterocycles. The Morgan fingerprint density at radius 3 is 2.62 bits per heavy atom. The Kier molecular flexibility index (Phi) is 4.19. The zero-order valence-electron chi connectivity index (χ0n) is 11.8. The van der Waals surface area contributed by atoms with Crippen LogP contribution in [0.25, 0.3) is 0 Å². The number of benzene rings is 1. The van der Waals surface area contributed by atoms with Gasteiger partial charge in [0.05, 0.1) is 5.56 Å². The zero-order chi connectivity index (χ0) is 15.4. The van der Waals surface area contributed by atoms with Gasteiger partial charge in [0.1, 0.15) is 24.1 Å². The van der Waals surface area contributed by atoms with E-state index in [9.17, 15) is 4.79 Å². The van der Waals surface area contributed by atoms with Crippen LogP contribution in [-0.2, 0) is 6.61 Å². The number of aromatic nitrogens is 1. The molecule has 0 unspecified atom stereocenters. The second kappa shape index (κ2) is 6.06. The van der Waals surface area contributed by atoms with E-state index in [2.05, 4.69) is 4.98 Å². The first-order chi connectivity index (χ1) is 10.0. The van der Waals surface area contributed by atoms with E-state index in [1.165, 1.54) is 0 Å². The van der Waals surface area contributed by atoms with Crippen LogP contribution in [0.3, 0.4) is 0 Å². The number of carboxylic acids is 1. The van der Waals surface area contributed by atoms with E-state index in [0.717, 1.165) is 11.1 Å². The summed E-state index contributed by atoms with van der Waals surface area (Å²) in [5.74, 6) is -0.334. The largest absolute Gasteiger partial charge is 0.488 e. The van der Waals surface area contributed by atoms with Gasteiger partial charge in [-0.25, -0.2) is 9.78 Å². The average molecular weight is 282 g/mol. The third kappa shape index (κ3) is 3.18. The number of ether oxygens (including phenoxy) is 1. The molecule has 0 saturated carbocycles. The van der Waals surface area contributed by atoms with Gasteiger partial charge in [0.15, 0.2) is 0 Å². The van der Waals surface area contributed by atoms with Crippen molar-refractivity contribution in [3.05, 3.63) is 58.4 Å². The summed E-state index contributed by atoms with van der Waals surface area (Å²) in [4.78, 5) is 15.0. The van der Waals surface area contributed by atoms with Gasteiger partial charge in [0.2, 0.25) is 0 Å². The molecule has 1 aromatic carbocycles. The molecule has 21 heavy (non-hydrogen) atoms. The van der Waals surface area contributed by atoms with E-state index in [1.807, 2.05) is 6.07 Å². The maximum Gasteiger partial charge on any atom is 0.335 e. The number of hydrogen-bond acceptors (Lipinski definition) is 4. The second-order valence-corrected chi connectivity index (χ2v) is 4.66. The van der Waals surface area contributed by atoms with Gasteiger partial charge in [-0.3, -0.25) is 0 Å². The molecule has 0 aliphatic carbocycles. The number of carbonyl (C=O) groups is 1. The zero-order valence-corrected chi connectivity index (χ0v) is 11.8. The van der Waals surface area contributed by atoms with Crippen molar-refractivity contribution in [1.29, 1.82) is 5.26 Å². The van der Waals surface area contributed by atoms with E-state index < -0.39 is 5.97 Å². The smallest absolute Gasteiger partial charge is 0.335 e. The van der Waals surface area contributed by atoms with Crippen molar-refractivity contribution >= 4 is 5.97 Å². The topological polar surface area (TPSA) is 83.2 Å². The molecule has 1 N–H and O–H groups in total. The number of rotatable bonds is 4. The third-order valence-corrected chi connectivity index (χ3v) is 3.08. The fraction of sp³-hybridized carbons (Fsp3) is 0.188. The number of hydrogen-bond donors (Lipinski definition) is 1. The Morgan fingerprint density at radius 2 is 2.05 bits per heavy atom. The summed E-state index contributed by atoms with van der Waals surface area (Å²) in [6, 6.07) is 8.68. The Morgan fingerprint density at radius 1 is 1.38 bits per heavy atom. The van der Waals surface area contributed by atoms with Crippen molar-refractivity contribution in [2.75, 3.05) is 0 Å². The van der Waals surface area contributed by atoms with Gasteiger partial charge in [0.25, 0.3) is 0 Å². The first-order valence-electron chi connectivity index (χ1n) is 6.34. The van der Waals surface area contributed by atoms with Crippen molar-refractivity contribution in [3.63, 3.8) is 0 Å². The number of nitriles is 1. The lowest BCUT2D eigenvalue weighted by Crippen LogP contribution is -2.04. The Labute approximate surface area is 122 Å². The molecule has 0 aliphatic rings. The molecular weight excluding hydrogens is 268 g/mol. The number of aromatic carboxylic acids is 1. The first kappa shape index (κ1) is 14.5. The Hall–Kier alpha value is -2.87. The highest BCUT2D eigenvalue weighted by molar-refractivity contribution is 5.88. The van der Waals surface area contributed by atoms with Gasteiger partial charge in [-0.05, 0) is 43.2 Å². The Bertz CT molecular complexity index is 710. The minimum Gasteiger partial charge on any atom is -0.488 e. The van der Waals surface area contributed by atoms with Gasteiger partial charge < -0.3 is 9.84 Å². The molecule has 5 heteroatoms. The summed E-state index contributed by atoms with van der Waals surface area (Å²) in [5.41, 5.74) is 2.75. The van der Waals surface area contributed by atoms with Crippen LogP contribution in [-0.4, -0.2) is 16.1 Å². The van der Waals surface area contributed by atoms with Crippen molar-refractivity contribution in [2.45, 2.75) is 20.5 Å². The lowest BCUT2D eigenvalue weighted by Gasteiger charge is -2.13. The number of carboxylic acid groups (broad SMARTS) is 1. The lowest BCUT2D eigenvalue weighted by molar-refractivity contribution is 0.0696. The molecule has 0 fully saturated rings. The van der Waals surface area contributed by atoms with Gasteiger partial charge >= 0.3 is 5.97 Å². The standard InChI is InChI=1S/C16H14N2O3/c1-10-6-13(16(19)20)7-11(2)15(10)21-9-12-4-3-5-18-14(12)8-17/h3-7H,9H2,1-2H3,(H,19,20). The molecule has 0 aliphatic heterocycles.